The number of hydrogen-bond acceptors (Lipinski definition) is 2. The zero-order valence-corrected chi connectivity index (χ0v) is 13.2. The van der Waals surface area contributed by atoms with Crippen molar-refractivity contribution < 1.29 is 4.79 Å². The van der Waals surface area contributed by atoms with Gasteiger partial charge in [-0.3, -0.25) is 9.59 Å². The second kappa shape index (κ2) is 6.27. The fourth-order valence-corrected chi connectivity index (χ4v) is 2.43. The SMILES string of the molecule is Cc1ccc(C)c(-n2cc(CCC(=O)Cl)c(=O)cc2C)c1. The molecule has 0 aliphatic rings. The van der Waals surface area contributed by atoms with Gasteiger partial charge in [0.2, 0.25) is 5.24 Å². The Hall–Kier alpha value is -1.87. The van der Waals surface area contributed by atoms with Crippen LogP contribution in [-0.4, -0.2) is 9.81 Å². The largest absolute Gasteiger partial charge is 0.320 e. The average molecular weight is 304 g/mol. The first-order valence-corrected chi connectivity index (χ1v) is 7.24. The van der Waals surface area contributed by atoms with Crippen LogP contribution in [0, 0.1) is 20.8 Å². The molecule has 0 amide bonds. The number of carbonyl (C=O) groups is 1. The molecule has 0 bridgehead atoms. The van der Waals surface area contributed by atoms with Gasteiger partial charge in [0.15, 0.2) is 5.43 Å². The van der Waals surface area contributed by atoms with E-state index < -0.39 is 5.24 Å². The minimum absolute atomic E-state index is 0.0491. The topological polar surface area (TPSA) is 39.1 Å². The lowest BCUT2D eigenvalue weighted by Crippen LogP contribution is -2.15. The summed E-state index contributed by atoms with van der Waals surface area (Å²) in [7, 11) is 0. The highest BCUT2D eigenvalue weighted by atomic mass is 35.5. The number of pyridine rings is 1. The van der Waals surface area contributed by atoms with Gasteiger partial charge in [-0.1, -0.05) is 12.1 Å². The zero-order chi connectivity index (χ0) is 15.6. The van der Waals surface area contributed by atoms with Crippen molar-refractivity contribution in [2.24, 2.45) is 0 Å². The molecule has 0 fully saturated rings. The maximum absolute atomic E-state index is 12.0. The first kappa shape index (κ1) is 15.5. The van der Waals surface area contributed by atoms with Gasteiger partial charge in [0.05, 0.1) is 0 Å². The third kappa shape index (κ3) is 3.61. The minimum atomic E-state index is -0.423. The van der Waals surface area contributed by atoms with Crippen molar-refractivity contribution in [2.75, 3.05) is 0 Å². The lowest BCUT2D eigenvalue weighted by atomic mass is 10.1. The standard InChI is InChI=1S/C17H18ClNO2/c1-11-4-5-12(2)15(8-11)19-10-14(6-7-17(18)21)16(20)9-13(19)3/h4-5,8-10H,6-7H2,1-3H3. The summed E-state index contributed by atoms with van der Waals surface area (Å²) in [5.74, 6) is 0. The summed E-state index contributed by atoms with van der Waals surface area (Å²) in [5, 5.41) is -0.423. The van der Waals surface area contributed by atoms with Crippen molar-refractivity contribution in [2.45, 2.75) is 33.6 Å². The van der Waals surface area contributed by atoms with Crippen LogP contribution in [0.5, 0.6) is 0 Å². The predicted octanol–water partition coefficient (Wildman–Crippen LogP) is 3.46. The van der Waals surface area contributed by atoms with Crippen LogP contribution in [0.2, 0.25) is 0 Å². The van der Waals surface area contributed by atoms with Gasteiger partial charge in [-0.15, -0.1) is 0 Å². The monoisotopic (exact) mass is 303 g/mol. The van der Waals surface area contributed by atoms with E-state index in [1.165, 1.54) is 0 Å². The Bertz CT molecular complexity index is 747. The first-order valence-electron chi connectivity index (χ1n) is 6.86. The summed E-state index contributed by atoms with van der Waals surface area (Å²) >= 11 is 5.37. The maximum atomic E-state index is 12.0. The van der Waals surface area contributed by atoms with Gasteiger partial charge in [-0.2, -0.15) is 0 Å². The van der Waals surface area contributed by atoms with Crippen LogP contribution in [-0.2, 0) is 11.2 Å². The molecule has 2 aromatic rings. The summed E-state index contributed by atoms with van der Waals surface area (Å²) < 4.78 is 2.00. The smallest absolute Gasteiger partial charge is 0.221 e. The van der Waals surface area contributed by atoms with E-state index in [0.29, 0.717) is 12.0 Å². The molecule has 2 rings (SSSR count). The van der Waals surface area contributed by atoms with Gasteiger partial charge in [0, 0.05) is 35.6 Å². The molecule has 1 heterocycles. The van der Waals surface area contributed by atoms with Crippen LogP contribution >= 0.6 is 11.6 Å². The van der Waals surface area contributed by atoms with Gasteiger partial charge >= 0.3 is 0 Å². The highest BCUT2D eigenvalue weighted by Gasteiger charge is 2.09. The number of halogens is 1. The average Bonchev–Trinajstić information content (AvgIpc) is 2.41. The maximum Gasteiger partial charge on any atom is 0.221 e. The van der Waals surface area contributed by atoms with Gasteiger partial charge in [-0.05, 0) is 56.0 Å². The molecule has 1 aromatic heterocycles. The Balaban J connectivity index is 2.53. The van der Waals surface area contributed by atoms with E-state index in [-0.39, 0.29) is 11.8 Å². The minimum Gasteiger partial charge on any atom is -0.320 e. The van der Waals surface area contributed by atoms with Crippen molar-refractivity contribution in [1.29, 1.82) is 0 Å². The summed E-state index contributed by atoms with van der Waals surface area (Å²) in [4.78, 5) is 22.9. The number of carbonyl (C=O) groups excluding carboxylic acids is 1. The Labute approximate surface area is 129 Å². The Kier molecular flexibility index (Phi) is 4.63. The molecular weight excluding hydrogens is 286 g/mol. The van der Waals surface area contributed by atoms with Crippen LogP contribution in [0.4, 0.5) is 0 Å². The normalized spacial score (nSPS) is 10.7. The molecule has 110 valence electrons. The highest BCUT2D eigenvalue weighted by Crippen LogP contribution is 2.18. The van der Waals surface area contributed by atoms with E-state index in [1.54, 1.807) is 6.07 Å². The first-order chi connectivity index (χ1) is 9.88. The van der Waals surface area contributed by atoms with Crippen molar-refractivity contribution in [3.63, 3.8) is 0 Å². The molecule has 0 aliphatic heterocycles. The molecule has 21 heavy (non-hydrogen) atoms. The molecule has 0 unspecified atom stereocenters. The van der Waals surface area contributed by atoms with Crippen LogP contribution in [0.3, 0.4) is 0 Å². The van der Waals surface area contributed by atoms with Gasteiger partial charge in [-0.25, -0.2) is 0 Å². The second-order valence-electron chi connectivity index (χ2n) is 5.32. The quantitative estimate of drug-likeness (QED) is 0.811. The van der Waals surface area contributed by atoms with E-state index in [0.717, 1.165) is 22.5 Å². The molecule has 0 aliphatic carbocycles. The van der Waals surface area contributed by atoms with Crippen molar-refractivity contribution in [1.82, 2.24) is 4.57 Å². The van der Waals surface area contributed by atoms with E-state index >= 15 is 0 Å². The fraction of sp³-hybridized carbons (Fsp3) is 0.294. The summed E-state index contributed by atoms with van der Waals surface area (Å²) in [6.07, 6.45) is 2.36. The van der Waals surface area contributed by atoms with Crippen LogP contribution in [0.15, 0.2) is 35.3 Å². The van der Waals surface area contributed by atoms with Crippen molar-refractivity contribution >= 4 is 16.8 Å². The Morgan fingerprint density at radius 2 is 1.90 bits per heavy atom. The van der Waals surface area contributed by atoms with E-state index in [2.05, 4.69) is 18.2 Å². The third-order valence-corrected chi connectivity index (χ3v) is 3.73. The lowest BCUT2D eigenvalue weighted by molar-refractivity contribution is -0.111. The number of aryl methyl sites for hydroxylation is 4. The highest BCUT2D eigenvalue weighted by molar-refractivity contribution is 6.63. The summed E-state index contributed by atoms with van der Waals surface area (Å²) in [5.41, 5.74) is 4.76. The molecule has 0 atom stereocenters. The molecule has 0 saturated heterocycles. The Morgan fingerprint density at radius 1 is 1.19 bits per heavy atom. The molecule has 1 aromatic carbocycles. The number of benzene rings is 1. The van der Waals surface area contributed by atoms with Crippen LogP contribution < -0.4 is 5.43 Å². The van der Waals surface area contributed by atoms with E-state index in [9.17, 15) is 9.59 Å². The summed E-state index contributed by atoms with van der Waals surface area (Å²) in [6, 6.07) is 7.81. The number of rotatable bonds is 4. The molecular formula is C17H18ClNO2. The third-order valence-electron chi connectivity index (χ3n) is 3.54. The molecule has 0 spiro atoms. The Morgan fingerprint density at radius 3 is 2.57 bits per heavy atom. The summed E-state index contributed by atoms with van der Waals surface area (Å²) in [6.45, 7) is 5.97. The van der Waals surface area contributed by atoms with E-state index in [4.69, 9.17) is 11.6 Å². The number of aromatic nitrogens is 1. The van der Waals surface area contributed by atoms with Gasteiger partial charge < -0.3 is 4.57 Å². The number of nitrogens with zero attached hydrogens (tertiary/aromatic N) is 1. The van der Waals surface area contributed by atoms with Crippen LogP contribution in [0.25, 0.3) is 5.69 Å². The fourth-order valence-electron chi connectivity index (χ4n) is 2.33. The van der Waals surface area contributed by atoms with Crippen molar-refractivity contribution in [3.05, 3.63) is 63.1 Å². The predicted molar refractivity (Wildman–Crippen MR) is 85.4 cm³/mol. The van der Waals surface area contributed by atoms with Crippen LogP contribution in [0.1, 0.15) is 28.8 Å². The molecule has 3 nitrogen and oxygen atoms in total. The van der Waals surface area contributed by atoms with Gasteiger partial charge in [0.25, 0.3) is 0 Å². The number of hydrogen-bond donors (Lipinski definition) is 0. The van der Waals surface area contributed by atoms with Crippen molar-refractivity contribution in [3.8, 4) is 5.69 Å². The van der Waals surface area contributed by atoms with E-state index in [1.807, 2.05) is 31.5 Å². The lowest BCUT2D eigenvalue weighted by Gasteiger charge is -2.15. The molecule has 4 heteroatoms. The second-order valence-corrected chi connectivity index (χ2v) is 5.74. The molecule has 0 radical (unpaired) electrons. The molecule has 0 N–H and O–H groups in total. The molecule has 0 saturated carbocycles. The van der Waals surface area contributed by atoms with Gasteiger partial charge in [0.1, 0.15) is 0 Å². The zero-order valence-electron chi connectivity index (χ0n) is 12.4.